The summed E-state index contributed by atoms with van der Waals surface area (Å²) in [7, 11) is 0. The Labute approximate surface area is 200 Å². The fourth-order valence-electron chi connectivity index (χ4n) is 3.67. The molecule has 0 nitrogen and oxygen atoms in total. The molecule has 0 amide bonds. The zero-order chi connectivity index (χ0) is 18.2. The molecule has 0 aliphatic heterocycles. The molecule has 0 heterocycles. The second-order valence-electron chi connectivity index (χ2n) is 8.38. The molecule has 0 radical (unpaired) electrons. The van der Waals surface area contributed by atoms with E-state index in [1.54, 1.807) is 0 Å². The largest absolute Gasteiger partial charge is 1.00 e. The molecular formula is C24H27Cl3Ti. The van der Waals surface area contributed by atoms with Crippen LogP contribution in [0, 0.1) is 19.3 Å². The summed E-state index contributed by atoms with van der Waals surface area (Å²) in [4.78, 5) is 0. The molecule has 0 spiro atoms. The molecule has 3 rings (SSSR count). The predicted molar refractivity (Wildman–Crippen MR) is 104 cm³/mol. The molecule has 1 aliphatic rings. The summed E-state index contributed by atoms with van der Waals surface area (Å²) < 4.78 is -0.00972. The zero-order valence-electron chi connectivity index (χ0n) is 17.1. The minimum atomic E-state index is -0.00972. The number of rotatable bonds is 3. The Bertz CT molecular complexity index is 803. The van der Waals surface area contributed by atoms with E-state index < -0.39 is 0 Å². The van der Waals surface area contributed by atoms with E-state index in [2.05, 4.69) is 122 Å². The minimum absolute atomic E-state index is 0. The summed E-state index contributed by atoms with van der Waals surface area (Å²) >= 11 is 2.37. The van der Waals surface area contributed by atoms with Gasteiger partial charge in [-0.15, -0.1) is 0 Å². The smallest absolute Gasteiger partial charge is 1.00 e. The molecule has 2 aromatic carbocycles. The molecule has 1 aliphatic carbocycles. The molecule has 0 fully saturated rings. The van der Waals surface area contributed by atoms with Crippen LogP contribution < -0.4 is 37.2 Å². The first-order valence-corrected chi connectivity index (χ1v) is 9.78. The number of allylic oxidation sites excluding steroid dienone is 4. The van der Waals surface area contributed by atoms with Gasteiger partial charge >= 0.3 is 165 Å². The van der Waals surface area contributed by atoms with Crippen LogP contribution in [0.1, 0.15) is 48.9 Å². The van der Waals surface area contributed by atoms with Crippen molar-refractivity contribution in [2.75, 3.05) is 0 Å². The maximum absolute atomic E-state index is 2.49. The molecule has 1 atom stereocenters. The molecule has 0 saturated heterocycles. The number of benzene rings is 2. The van der Waals surface area contributed by atoms with E-state index in [-0.39, 0.29) is 46.4 Å². The van der Waals surface area contributed by atoms with Gasteiger partial charge in [-0.1, -0.05) is 0 Å². The van der Waals surface area contributed by atoms with Crippen molar-refractivity contribution in [2.45, 2.75) is 44.3 Å². The second kappa shape index (κ2) is 10.5. The quantitative estimate of drug-likeness (QED) is 0.444. The molecule has 1 unspecified atom stereocenters. The second-order valence-corrected chi connectivity index (χ2v) is 9.73. The van der Waals surface area contributed by atoms with Gasteiger partial charge < -0.3 is 37.2 Å². The third-order valence-electron chi connectivity index (χ3n) is 5.03. The Balaban J connectivity index is 0.00000243. The van der Waals surface area contributed by atoms with Crippen LogP contribution in [-0.2, 0) is 20.4 Å². The molecule has 28 heavy (non-hydrogen) atoms. The van der Waals surface area contributed by atoms with Gasteiger partial charge in [-0.2, -0.15) is 0 Å². The fourth-order valence-corrected chi connectivity index (χ4v) is 4.56. The SMILES string of the molecule is Cc1cccc(C(c2cccc(C)c2)[C]2([Ti+3])C=CC(C(C)(C)C)=C2)c1.[Cl-].[Cl-].[Cl-]. The molecule has 0 N–H and O–H groups in total. The van der Waals surface area contributed by atoms with Gasteiger partial charge in [0.15, 0.2) is 0 Å². The first-order chi connectivity index (χ1) is 11.7. The molecule has 148 valence electrons. The molecular weight excluding hydrogens is 442 g/mol. The monoisotopic (exact) mass is 468 g/mol. The molecule has 0 saturated carbocycles. The first-order valence-electron chi connectivity index (χ1n) is 9.00. The third-order valence-corrected chi connectivity index (χ3v) is 5.96. The van der Waals surface area contributed by atoms with Gasteiger partial charge in [-0.3, -0.25) is 0 Å². The fraction of sp³-hybridized carbons (Fsp3) is 0.333. The van der Waals surface area contributed by atoms with Crippen LogP contribution in [-0.4, -0.2) is 0 Å². The number of hydrogen-bond acceptors (Lipinski definition) is 0. The van der Waals surface area contributed by atoms with Crippen molar-refractivity contribution < 1.29 is 57.7 Å². The topological polar surface area (TPSA) is 0 Å². The van der Waals surface area contributed by atoms with E-state index in [0.717, 1.165) is 0 Å². The predicted octanol–water partition coefficient (Wildman–Crippen LogP) is -2.30. The molecule has 2 aromatic rings. The first kappa shape index (κ1) is 27.5. The average molecular weight is 470 g/mol. The van der Waals surface area contributed by atoms with Gasteiger partial charge in [-0.05, 0) is 0 Å². The number of aryl methyl sites for hydroxylation is 2. The van der Waals surface area contributed by atoms with Gasteiger partial charge in [0.1, 0.15) is 0 Å². The standard InChI is InChI=1S/C24H27.3ClH.Ti/c1-17-8-6-10-19(14-17)23(20-11-7-9-18(2)15-20)21-12-13-22(16-21)24(3,4)5;;;;/h6-16,23H,1-5H3;3*1H;/q;;;;+3/p-3. The van der Waals surface area contributed by atoms with E-state index in [0.29, 0.717) is 5.92 Å². The van der Waals surface area contributed by atoms with E-state index in [9.17, 15) is 0 Å². The Hall–Kier alpha value is -0.496. The van der Waals surface area contributed by atoms with Crippen LogP contribution >= 0.6 is 0 Å². The van der Waals surface area contributed by atoms with Crippen molar-refractivity contribution in [3.05, 3.63) is 94.6 Å². The van der Waals surface area contributed by atoms with Gasteiger partial charge in [-0.25, -0.2) is 0 Å². The molecule has 0 aromatic heterocycles. The summed E-state index contributed by atoms with van der Waals surface area (Å²) in [5.74, 6) is 0.323. The van der Waals surface area contributed by atoms with Gasteiger partial charge in [0.25, 0.3) is 0 Å². The van der Waals surface area contributed by atoms with Gasteiger partial charge in [0.05, 0.1) is 0 Å². The van der Waals surface area contributed by atoms with E-state index in [4.69, 9.17) is 0 Å². The van der Waals surface area contributed by atoms with E-state index in [1.807, 2.05) is 0 Å². The van der Waals surface area contributed by atoms with Crippen LogP contribution in [0.3, 0.4) is 0 Å². The van der Waals surface area contributed by atoms with Crippen molar-refractivity contribution in [1.82, 2.24) is 0 Å². The summed E-state index contributed by atoms with van der Waals surface area (Å²) in [5, 5.41) is 0. The van der Waals surface area contributed by atoms with Gasteiger partial charge in [0, 0.05) is 0 Å². The van der Waals surface area contributed by atoms with E-state index >= 15 is 0 Å². The summed E-state index contributed by atoms with van der Waals surface area (Å²) in [6, 6.07) is 18.0. The van der Waals surface area contributed by atoms with Crippen LogP contribution in [0.25, 0.3) is 0 Å². The van der Waals surface area contributed by atoms with Crippen LogP contribution in [0.2, 0.25) is 3.72 Å². The molecule has 0 bridgehead atoms. The van der Waals surface area contributed by atoms with Crippen molar-refractivity contribution in [1.29, 1.82) is 0 Å². The number of hydrogen-bond donors (Lipinski definition) is 0. The van der Waals surface area contributed by atoms with E-state index in [1.165, 1.54) is 27.8 Å². The van der Waals surface area contributed by atoms with Gasteiger partial charge in [0.2, 0.25) is 0 Å². The summed E-state index contributed by atoms with van der Waals surface area (Å²) in [6.45, 7) is 11.2. The van der Waals surface area contributed by atoms with Crippen molar-refractivity contribution in [3.63, 3.8) is 0 Å². The van der Waals surface area contributed by atoms with Crippen LogP contribution in [0.5, 0.6) is 0 Å². The summed E-state index contributed by atoms with van der Waals surface area (Å²) in [5.41, 5.74) is 7.04. The Morgan fingerprint density at radius 3 is 1.64 bits per heavy atom. The molecule has 4 heteroatoms. The van der Waals surface area contributed by atoms with Crippen molar-refractivity contribution in [3.8, 4) is 0 Å². The summed E-state index contributed by atoms with van der Waals surface area (Å²) in [6.07, 6.45) is 7.23. The Morgan fingerprint density at radius 1 is 0.821 bits per heavy atom. The van der Waals surface area contributed by atoms with Crippen molar-refractivity contribution in [2.24, 2.45) is 5.41 Å². The zero-order valence-corrected chi connectivity index (χ0v) is 20.9. The van der Waals surface area contributed by atoms with Crippen LogP contribution in [0.4, 0.5) is 0 Å². The maximum atomic E-state index is 2.49. The third kappa shape index (κ3) is 6.00. The van der Waals surface area contributed by atoms with Crippen LogP contribution in [0.15, 0.2) is 72.3 Å². The minimum Gasteiger partial charge on any atom is -1.00 e. The maximum Gasteiger partial charge on any atom is -1.00 e. The van der Waals surface area contributed by atoms with Crippen molar-refractivity contribution >= 4 is 0 Å². The normalized spacial score (nSPS) is 18.1. The Morgan fingerprint density at radius 2 is 1.29 bits per heavy atom. The Kier molecular flexibility index (Phi) is 10.3. The number of halogens is 3. The average Bonchev–Trinajstić information content (AvgIpc) is 2.91.